The minimum absolute atomic E-state index is 0.265. The van der Waals surface area contributed by atoms with E-state index in [4.69, 9.17) is 0 Å². The van der Waals surface area contributed by atoms with Gasteiger partial charge in [0.05, 0.1) is 17.9 Å². The number of benzene rings is 1. The Hall–Kier alpha value is -2.14. The van der Waals surface area contributed by atoms with Crippen LogP contribution in [0.4, 0.5) is 0 Å². The van der Waals surface area contributed by atoms with Gasteiger partial charge >= 0.3 is 0 Å². The first-order valence-electron chi connectivity index (χ1n) is 10.3. The highest BCUT2D eigenvalue weighted by Crippen LogP contribution is 2.29. The highest BCUT2D eigenvalue weighted by Gasteiger charge is 2.24. The molecule has 0 radical (unpaired) electrons. The molecule has 1 aliphatic carbocycles. The van der Waals surface area contributed by atoms with Gasteiger partial charge in [-0.25, -0.2) is 0 Å². The van der Waals surface area contributed by atoms with E-state index in [1.54, 1.807) is 0 Å². The number of carbonyl (C=O) groups excluding carboxylic acids is 1. The minimum atomic E-state index is -0.725. The summed E-state index contributed by atoms with van der Waals surface area (Å²) in [5, 5.41) is 15.3. The molecule has 144 valence electrons. The van der Waals surface area contributed by atoms with Gasteiger partial charge in [0, 0.05) is 19.5 Å². The predicted octanol–water partition coefficient (Wildman–Crippen LogP) is 3.67. The number of aryl methyl sites for hydroxylation is 1. The van der Waals surface area contributed by atoms with Crippen molar-refractivity contribution in [1.82, 2.24) is 14.7 Å². The maximum absolute atomic E-state index is 12.7. The molecule has 1 fully saturated rings. The fraction of sp³-hybridized carbons (Fsp3) is 0.545. The largest absolute Gasteiger partial charge is 0.382 e. The maximum atomic E-state index is 12.7. The molecule has 1 atom stereocenters. The molecule has 1 saturated carbocycles. The molecular weight excluding hydrogens is 338 g/mol. The summed E-state index contributed by atoms with van der Waals surface area (Å²) in [6.45, 7) is 2.19. The van der Waals surface area contributed by atoms with Crippen molar-refractivity contribution in [2.24, 2.45) is 5.92 Å². The first-order valence-corrected chi connectivity index (χ1v) is 10.3. The summed E-state index contributed by atoms with van der Waals surface area (Å²) in [4.78, 5) is 14.7. The van der Waals surface area contributed by atoms with E-state index in [1.165, 1.54) is 25.7 Å². The Bertz CT molecular complexity index is 765. The predicted molar refractivity (Wildman–Crippen MR) is 104 cm³/mol. The number of rotatable bonds is 5. The lowest BCUT2D eigenvalue weighted by Gasteiger charge is -2.21. The number of amides is 1. The lowest BCUT2D eigenvalue weighted by atomic mass is 10.0. The SMILES string of the molecule is O=C(CCC1CCCC1)N1CCCn2nc([C@H](O)c3ccccc3)cc2C1. The van der Waals surface area contributed by atoms with E-state index < -0.39 is 6.10 Å². The van der Waals surface area contributed by atoms with Crippen molar-refractivity contribution in [2.45, 2.75) is 64.1 Å². The standard InChI is InChI=1S/C22H29N3O2/c26-21(12-11-17-7-4-5-8-17)24-13-6-14-25-19(16-24)15-20(23-25)22(27)18-9-2-1-3-10-18/h1-3,9-10,15,17,22,27H,4-8,11-14,16H2/t22-/m1/s1. The first-order chi connectivity index (χ1) is 13.2. The molecule has 1 N–H and O–H groups in total. The number of nitrogens with zero attached hydrogens (tertiary/aromatic N) is 3. The quantitative estimate of drug-likeness (QED) is 0.877. The van der Waals surface area contributed by atoms with Gasteiger partial charge in [0.1, 0.15) is 6.10 Å². The third kappa shape index (κ3) is 4.24. The Kier molecular flexibility index (Phi) is 5.58. The van der Waals surface area contributed by atoms with Gasteiger partial charge in [-0.3, -0.25) is 9.48 Å². The van der Waals surface area contributed by atoms with Crippen molar-refractivity contribution in [3.05, 3.63) is 53.3 Å². The van der Waals surface area contributed by atoms with Crippen molar-refractivity contribution >= 4 is 5.91 Å². The monoisotopic (exact) mass is 367 g/mol. The second-order valence-electron chi connectivity index (χ2n) is 7.95. The van der Waals surface area contributed by atoms with E-state index in [1.807, 2.05) is 46.0 Å². The van der Waals surface area contributed by atoms with Crippen LogP contribution in [0.5, 0.6) is 0 Å². The number of hydrogen-bond donors (Lipinski definition) is 1. The molecule has 0 unspecified atom stereocenters. The number of aliphatic hydroxyl groups is 1. The molecule has 2 heterocycles. The van der Waals surface area contributed by atoms with E-state index in [9.17, 15) is 9.90 Å². The molecule has 0 spiro atoms. The van der Waals surface area contributed by atoms with Gasteiger partial charge in [-0.2, -0.15) is 5.10 Å². The van der Waals surface area contributed by atoms with E-state index in [2.05, 4.69) is 5.10 Å². The second-order valence-corrected chi connectivity index (χ2v) is 7.95. The Morgan fingerprint density at radius 1 is 1.15 bits per heavy atom. The Balaban J connectivity index is 1.42. The molecule has 4 rings (SSSR count). The van der Waals surface area contributed by atoms with Gasteiger partial charge in [0.25, 0.3) is 0 Å². The van der Waals surface area contributed by atoms with Crippen LogP contribution in [-0.2, 0) is 17.9 Å². The number of fused-ring (bicyclic) bond motifs is 1. The molecule has 1 aromatic carbocycles. The van der Waals surface area contributed by atoms with Gasteiger partial charge in [0.15, 0.2) is 0 Å². The third-order valence-corrected chi connectivity index (χ3v) is 6.02. The van der Waals surface area contributed by atoms with E-state index in [0.717, 1.165) is 43.1 Å². The molecule has 1 aliphatic heterocycles. The smallest absolute Gasteiger partial charge is 0.222 e. The number of hydrogen-bond acceptors (Lipinski definition) is 3. The number of aliphatic hydroxyl groups excluding tert-OH is 1. The zero-order valence-corrected chi connectivity index (χ0v) is 15.9. The van der Waals surface area contributed by atoms with Crippen LogP contribution in [0.2, 0.25) is 0 Å². The lowest BCUT2D eigenvalue weighted by Crippen LogP contribution is -2.30. The van der Waals surface area contributed by atoms with E-state index in [0.29, 0.717) is 18.7 Å². The summed E-state index contributed by atoms with van der Waals surface area (Å²) >= 11 is 0. The molecule has 1 aromatic heterocycles. The topological polar surface area (TPSA) is 58.4 Å². The highest BCUT2D eigenvalue weighted by atomic mass is 16.3. The summed E-state index contributed by atoms with van der Waals surface area (Å²) in [5.41, 5.74) is 2.53. The fourth-order valence-corrected chi connectivity index (χ4v) is 4.42. The Morgan fingerprint density at radius 3 is 2.70 bits per heavy atom. The fourth-order valence-electron chi connectivity index (χ4n) is 4.42. The van der Waals surface area contributed by atoms with Crippen molar-refractivity contribution in [3.8, 4) is 0 Å². The molecule has 27 heavy (non-hydrogen) atoms. The van der Waals surface area contributed by atoms with Crippen LogP contribution in [0, 0.1) is 5.92 Å². The van der Waals surface area contributed by atoms with E-state index >= 15 is 0 Å². The van der Waals surface area contributed by atoms with Crippen LogP contribution in [0.25, 0.3) is 0 Å². The summed E-state index contributed by atoms with van der Waals surface area (Å²) in [7, 11) is 0. The Morgan fingerprint density at radius 2 is 1.93 bits per heavy atom. The van der Waals surface area contributed by atoms with Gasteiger partial charge in [-0.05, 0) is 30.4 Å². The molecule has 2 aromatic rings. The van der Waals surface area contributed by atoms with Crippen molar-refractivity contribution in [3.63, 3.8) is 0 Å². The second kappa shape index (κ2) is 8.26. The van der Waals surface area contributed by atoms with Crippen LogP contribution in [0.15, 0.2) is 36.4 Å². The van der Waals surface area contributed by atoms with Crippen LogP contribution < -0.4 is 0 Å². The zero-order valence-electron chi connectivity index (χ0n) is 15.9. The van der Waals surface area contributed by atoms with Crippen molar-refractivity contribution in [2.75, 3.05) is 6.54 Å². The van der Waals surface area contributed by atoms with Gasteiger partial charge in [0.2, 0.25) is 5.91 Å². The van der Waals surface area contributed by atoms with Crippen LogP contribution in [0.3, 0.4) is 0 Å². The molecule has 5 heteroatoms. The molecule has 5 nitrogen and oxygen atoms in total. The normalized spacial score (nSPS) is 18.9. The number of aromatic nitrogens is 2. The average molecular weight is 367 g/mol. The van der Waals surface area contributed by atoms with E-state index in [-0.39, 0.29) is 5.91 Å². The summed E-state index contributed by atoms with van der Waals surface area (Å²) in [6.07, 6.45) is 7.12. The van der Waals surface area contributed by atoms with Gasteiger partial charge < -0.3 is 10.0 Å². The zero-order chi connectivity index (χ0) is 18.6. The summed E-state index contributed by atoms with van der Waals surface area (Å²) in [5.74, 6) is 1.01. The van der Waals surface area contributed by atoms with Gasteiger partial charge in [-0.1, -0.05) is 56.0 Å². The molecule has 0 bridgehead atoms. The van der Waals surface area contributed by atoms with Crippen LogP contribution in [0.1, 0.15) is 68.0 Å². The molecular formula is C22H29N3O2. The van der Waals surface area contributed by atoms with Gasteiger partial charge in [-0.15, -0.1) is 0 Å². The van der Waals surface area contributed by atoms with Crippen molar-refractivity contribution in [1.29, 1.82) is 0 Å². The summed E-state index contributed by atoms with van der Waals surface area (Å²) < 4.78 is 1.96. The lowest BCUT2D eigenvalue weighted by molar-refractivity contribution is -0.132. The Labute approximate surface area is 161 Å². The third-order valence-electron chi connectivity index (χ3n) is 6.02. The highest BCUT2D eigenvalue weighted by molar-refractivity contribution is 5.76. The molecule has 1 amide bonds. The molecule has 0 saturated heterocycles. The van der Waals surface area contributed by atoms with Crippen molar-refractivity contribution < 1.29 is 9.90 Å². The maximum Gasteiger partial charge on any atom is 0.222 e. The summed E-state index contributed by atoms with van der Waals surface area (Å²) in [6, 6.07) is 11.6. The number of carbonyl (C=O) groups is 1. The average Bonchev–Trinajstić information content (AvgIpc) is 3.32. The first kappa shape index (κ1) is 18.2. The molecule has 2 aliphatic rings. The minimum Gasteiger partial charge on any atom is -0.382 e. The van der Waals surface area contributed by atoms with Crippen LogP contribution in [-0.4, -0.2) is 32.2 Å². The van der Waals surface area contributed by atoms with Crippen LogP contribution >= 0.6 is 0 Å².